The number of hydrogen-bond donors (Lipinski definition) is 2. The highest BCUT2D eigenvalue weighted by atomic mass is 32.1. The molecule has 176 valence electrons. The van der Waals surface area contributed by atoms with Crippen molar-refractivity contribution >= 4 is 34.2 Å². The first-order valence-corrected chi connectivity index (χ1v) is 12.0. The van der Waals surface area contributed by atoms with Gasteiger partial charge >= 0.3 is 6.09 Å². The molecule has 0 unspecified atom stereocenters. The zero-order chi connectivity index (χ0) is 23.2. The second-order valence-electron chi connectivity index (χ2n) is 8.16. The first-order chi connectivity index (χ1) is 16.0. The largest absolute Gasteiger partial charge is 0.445 e. The van der Waals surface area contributed by atoms with Crippen LogP contribution in [-0.4, -0.2) is 53.6 Å². The third-order valence-corrected chi connectivity index (χ3v) is 6.75. The highest BCUT2D eigenvalue weighted by Crippen LogP contribution is 2.38. The zero-order valence-electron chi connectivity index (χ0n) is 18.5. The maximum atomic E-state index is 13.0. The fourth-order valence-electron chi connectivity index (χ4n) is 4.02. The monoisotopic (exact) mass is 472 g/mol. The number of carbonyl (C=O) groups is 3. The van der Waals surface area contributed by atoms with Crippen LogP contribution in [0.4, 0.5) is 9.80 Å². The molecule has 0 spiro atoms. The molecule has 2 fully saturated rings. The van der Waals surface area contributed by atoms with Crippen molar-refractivity contribution in [2.45, 2.75) is 51.3 Å². The van der Waals surface area contributed by atoms with Crippen LogP contribution in [0.1, 0.15) is 59.7 Å². The smallest absolute Gasteiger partial charge is 0.410 e. The molecule has 2 aromatic rings. The van der Waals surface area contributed by atoms with Gasteiger partial charge in [-0.15, -0.1) is 0 Å². The number of hydrogen-bond acceptors (Lipinski definition) is 7. The van der Waals surface area contributed by atoms with Crippen molar-refractivity contribution in [3.05, 3.63) is 46.6 Å². The molecular weight excluding hydrogens is 444 g/mol. The van der Waals surface area contributed by atoms with Crippen molar-refractivity contribution in [3.8, 4) is 0 Å². The molecule has 0 saturated carbocycles. The van der Waals surface area contributed by atoms with Gasteiger partial charge in [0.2, 0.25) is 5.91 Å². The Morgan fingerprint density at radius 1 is 1.18 bits per heavy atom. The van der Waals surface area contributed by atoms with E-state index in [1.165, 1.54) is 18.3 Å². The maximum absolute atomic E-state index is 13.0. The van der Waals surface area contributed by atoms with Gasteiger partial charge in [-0.3, -0.25) is 14.5 Å². The third kappa shape index (κ3) is 5.88. The lowest BCUT2D eigenvalue weighted by atomic mass is 10.1. The average molecular weight is 473 g/mol. The van der Waals surface area contributed by atoms with Gasteiger partial charge in [0.15, 0.2) is 5.69 Å². The number of likely N-dealkylation sites (tertiary alicyclic amines) is 1. The number of amides is 3. The van der Waals surface area contributed by atoms with Crippen LogP contribution in [0, 0.1) is 0 Å². The van der Waals surface area contributed by atoms with Gasteiger partial charge in [0, 0.05) is 32.7 Å². The molecule has 9 nitrogen and oxygen atoms in total. The highest BCUT2D eigenvalue weighted by molar-refractivity contribution is 7.16. The van der Waals surface area contributed by atoms with Crippen molar-refractivity contribution in [1.29, 1.82) is 0 Å². The summed E-state index contributed by atoms with van der Waals surface area (Å²) >= 11 is 1.23. The van der Waals surface area contributed by atoms with Crippen molar-refractivity contribution in [2.75, 3.05) is 25.1 Å². The van der Waals surface area contributed by atoms with Gasteiger partial charge in [0.25, 0.3) is 5.91 Å². The van der Waals surface area contributed by atoms with Crippen molar-refractivity contribution < 1.29 is 23.9 Å². The summed E-state index contributed by atoms with van der Waals surface area (Å²) in [7, 11) is 0. The summed E-state index contributed by atoms with van der Waals surface area (Å²) < 4.78 is 10.9. The zero-order valence-corrected chi connectivity index (χ0v) is 19.4. The quantitative estimate of drug-likeness (QED) is 0.666. The Kier molecular flexibility index (Phi) is 7.56. The number of benzene rings is 1. The molecular formula is C23H28N4O5S. The third-order valence-electron chi connectivity index (χ3n) is 5.68. The first kappa shape index (κ1) is 23.2. The fraction of sp³-hybridized carbons (Fsp3) is 0.478. The Bertz CT molecular complexity index is 990. The number of anilines is 1. The lowest BCUT2D eigenvalue weighted by Gasteiger charge is -2.23. The van der Waals surface area contributed by atoms with Crippen molar-refractivity contribution in [3.63, 3.8) is 0 Å². The van der Waals surface area contributed by atoms with E-state index in [4.69, 9.17) is 9.47 Å². The summed E-state index contributed by atoms with van der Waals surface area (Å²) in [5.41, 5.74) is 1.09. The lowest BCUT2D eigenvalue weighted by Crippen LogP contribution is -2.39. The van der Waals surface area contributed by atoms with E-state index >= 15 is 0 Å². The molecule has 2 N–H and O–H groups in total. The number of carbonyl (C=O) groups excluding carboxylic acids is 3. The van der Waals surface area contributed by atoms with Crippen LogP contribution in [0.25, 0.3) is 0 Å². The minimum atomic E-state index is -0.411. The summed E-state index contributed by atoms with van der Waals surface area (Å²) in [6.45, 7) is 3.35. The molecule has 4 rings (SSSR count). The van der Waals surface area contributed by atoms with Crippen LogP contribution in [0.2, 0.25) is 0 Å². The summed E-state index contributed by atoms with van der Waals surface area (Å²) in [4.78, 5) is 43.7. The molecule has 1 aromatic carbocycles. The van der Waals surface area contributed by atoms with Gasteiger partial charge in [0.1, 0.15) is 16.6 Å². The molecule has 3 heterocycles. The second kappa shape index (κ2) is 10.8. The standard InChI is InChI=1S/C23H28N4O5S/c1-15(28)24-22-19(20(29)25-17-9-12-31-13-10-17)26-21(33-22)18-8-5-11-27(18)23(30)32-14-16-6-3-2-4-7-16/h2-4,6-7,17-18H,5,8-14H2,1H3,(H,24,28)(H,25,29)/t18-/m1/s1. The highest BCUT2D eigenvalue weighted by Gasteiger charge is 2.35. The molecule has 0 bridgehead atoms. The van der Waals surface area contributed by atoms with E-state index in [0.29, 0.717) is 36.2 Å². The van der Waals surface area contributed by atoms with E-state index in [9.17, 15) is 14.4 Å². The number of ether oxygens (including phenoxy) is 2. The van der Waals surface area contributed by atoms with E-state index in [1.807, 2.05) is 30.3 Å². The fourth-order valence-corrected chi connectivity index (χ4v) is 5.17. The first-order valence-electron chi connectivity index (χ1n) is 11.2. The van der Waals surface area contributed by atoms with Crippen LogP contribution in [-0.2, 0) is 20.9 Å². The Balaban J connectivity index is 1.48. The molecule has 2 aliphatic rings. The van der Waals surface area contributed by atoms with Crippen LogP contribution >= 0.6 is 11.3 Å². The Morgan fingerprint density at radius 3 is 2.67 bits per heavy atom. The van der Waals surface area contributed by atoms with Gasteiger partial charge in [-0.1, -0.05) is 41.7 Å². The van der Waals surface area contributed by atoms with Gasteiger partial charge < -0.3 is 20.1 Å². The predicted octanol–water partition coefficient (Wildman–Crippen LogP) is 3.48. The van der Waals surface area contributed by atoms with E-state index in [0.717, 1.165) is 24.8 Å². The van der Waals surface area contributed by atoms with Crippen LogP contribution < -0.4 is 10.6 Å². The second-order valence-corrected chi connectivity index (χ2v) is 9.19. The Morgan fingerprint density at radius 2 is 1.94 bits per heavy atom. The average Bonchev–Trinajstić information content (AvgIpc) is 3.46. The number of aromatic nitrogens is 1. The topological polar surface area (TPSA) is 110 Å². The molecule has 2 saturated heterocycles. The van der Waals surface area contributed by atoms with Gasteiger partial charge in [0.05, 0.1) is 6.04 Å². The number of rotatable bonds is 6. The van der Waals surface area contributed by atoms with E-state index < -0.39 is 6.09 Å². The van der Waals surface area contributed by atoms with E-state index in [1.54, 1.807) is 4.90 Å². The molecule has 2 aliphatic heterocycles. The van der Waals surface area contributed by atoms with E-state index in [-0.39, 0.29) is 36.2 Å². The number of nitrogens with one attached hydrogen (secondary N) is 2. The minimum absolute atomic E-state index is 0.0116. The maximum Gasteiger partial charge on any atom is 0.410 e. The Hall–Kier alpha value is -2.98. The molecule has 0 aliphatic carbocycles. The normalized spacial score (nSPS) is 18.7. The summed E-state index contributed by atoms with van der Waals surface area (Å²) in [5.74, 6) is -0.611. The van der Waals surface area contributed by atoms with Crippen molar-refractivity contribution in [2.24, 2.45) is 0 Å². The SMILES string of the molecule is CC(=O)Nc1sc([C@H]2CCCN2C(=O)OCc2ccccc2)nc1C(=O)NC1CCOCC1. The number of thiazole rings is 1. The Labute approximate surface area is 196 Å². The summed E-state index contributed by atoms with van der Waals surface area (Å²) in [6, 6.07) is 9.22. The van der Waals surface area contributed by atoms with Crippen molar-refractivity contribution in [1.82, 2.24) is 15.2 Å². The molecule has 1 aromatic heterocycles. The van der Waals surface area contributed by atoms with Crippen LogP contribution in [0.3, 0.4) is 0 Å². The summed E-state index contributed by atoms with van der Waals surface area (Å²) in [5, 5.41) is 6.73. The van der Waals surface area contributed by atoms with Crippen LogP contribution in [0.15, 0.2) is 30.3 Å². The minimum Gasteiger partial charge on any atom is -0.445 e. The van der Waals surface area contributed by atoms with Gasteiger partial charge in [-0.05, 0) is 31.2 Å². The molecule has 10 heteroatoms. The van der Waals surface area contributed by atoms with Gasteiger partial charge in [-0.2, -0.15) is 0 Å². The molecule has 3 amide bonds. The predicted molar refractivity (Wildman–Crippen MR) is 123 cm³/mol. The van der Waals surface area contributed by atoms with Gasteiger partial charge in [-0.25, -0.2) is 9.78 Å². The lowest BCUT2D eigenvalue weighted by molar-refractivity contribution is -0.114. The molecule has 33 heavy (non-hydrogen) atoms. The molecule has 0 radical (unpaired) electrons. The summed E-state index contributed by atoms with van der Waals surface area (Å²) in [6.07, 6.45) is 2.59. The molecule has 1 atom stereocenters. The number of nitrogens with zero attached hydrogens (tertiary/aromatic N) is 2. The van der Waals surface area contributed by atoms with Crippen LogP contribution in [0.5, 0.6) is 0 Å². The van der Waals surface area contributed by atoms with E-state index in [2.05, 4.69) is 15.6 Å².